The second kappa shape index (κ2) is 6.24. The van der Waals surface area contributed by atoms with Gasteiger partial charge < -0.3 is 5.32 Å². The quantitative estimate of drug-likeness (QED) is 0.643. The fourth-order valence-corrected chi connectivity index (χ4v) is 2.35. The monoisotopic (exact) mass is 241 g/mol. The first-order chi connectivity index (χ1) is 8.36. The van der Waals surface area contributed by atoms with E-state index in [-0.39, 0.29) is 0 Å². The molecule has 1 nitrogen and oxygen atoms in total. The van der Waals surface area contributed by atoms with Gasteiger partial charge >= 0.3 is 0 Å². The Morgan fingerprint density at radius 3 is 2.71 bits per heavy atom. The van der Waals surface area contributed by atoms with Gasteiger partial charge in [-0.3, -0.25) is 0 Å². The van der Waals surface area contributed by atoms with Crippen molar-refractivity contribution in [1.29, 1.82) is 0 Å². The Bertz CT molecular complexity index is 517. The van der Waals surface area contributed by atoms with Gasteiger partial charge in [0.15, 0.2) is 0 Å². The SMILES string of the molecule is Cc1cscc1CNCC#Cc1ccccc1. The molecule has 0 bridgehead atoms. The fraction of sp³-hybridized carbons (Fsp3) is 0.200. The Kier molecular flexibility index (Phi) is 4.37. The van der Waals surface area contributed by atoms with Crippen LogP contribution in [0.15, 0.2) is 41.1 Å². The van der Waals surface area contributed by atoms with Crippen molar-refractivity contribution in [3.05, 3.63) is 57.8 Å². The van der Waals surface area contributed by atoms with E-state index in [0.29, 0.717) is 0 Å². The van der Waals surface area contributed by atoms with Crippen LogP contribution in [0.2, 0.25) is 0 Å². The predicted octanol–water partition coefficient (Wildman–Crippen LogP) is 3.20. The predicted molar refractivity (Wildman–Crippen MR) is 74.1 cm³/mol. The molecule has 0 aliphatic rings. The normalized spacial score (nSPS) is 9.71. The van der Waals surface area contributed by atoms with Gasteiger partial charge in [0.2, 0.25) is 0 Å². The van der Waals surface area contributed by atoms with Crippen molar-refractivity contribution in [2.75, 3.05) is 6.54 Å². The second-order valence-electron chi connectivity index (χ2n) is 3.85. The van der Waals surface area contributed by atoms with Crippen LogP contribution >= 0.6 is 11.3 Å². The van der Waals surface area contributed by atoms with E-state index >= 15 is 0 Å². The number of thiophene rings is 1. The molecule has 1 heterocycles. The molecule has 1 aromatic carbocycles. The summed E-state index contributed by atoms with van der Waals surface area (Å²) < 4.78 is 0. The fourth-order valence-electron chi connectivity index (χ4n) is 1.50. The molecule has 0 radical (unpaired) electrons. The van der Waals surface area contributed by atoms with E-state index in [0.717, 1.165) is 18.7 Å². The highest BCUT2D eigenvalue weighted by atomic mass is 32.1. The van der Waals surface area contributed by atoms with E-state index in [1.807, 2.05) is 30.3 Å². The van der Waals surface area contributed by atoms with Crippen molar-refractivity contribution in [3.63, 3.8) is 0 Å². The summed E-state index contributed by atoms with van der Waals surface area (Å²) in [5.41, 5.74) is 3.80. The molecule has 1 aromatic heterocycles. The number of nitrogens with one attached hydrogen (secondary N) is 1. The molecular weight excluding hydrogens is 226 g/mol. The van der Waals surface area contributed by atoms with Crippen molar-refractivity contribution in [2.24, 2.45) is 0 Å². The summed E-state index contributed by atoms with van der Waals surface area (Å²) in [7, 11) is 0. The average Bonchev–Trinajstić information content (AvgIpc) is 2.76. The van der Waals surface area contributed by atoms with Crippen LogP contribution in [-0.2, 0) is 6.54 Å². The molecule has 0 unspecified atom stereocenters. The first kappa shape index (κ1) is 11.9. The number of hydrogen-bond donors (Lipinski definition) is 1. The second-order valence-corrected chi connectivity index (χ2v) is 4.59. The van der Waals surface area contributed by atoms with Crippen LogP contribution in [0.5, 0.6) is 0 Å². The molecule has 0 aliphatic carbocycles. The largest absolute Gasteiger partial charge is 0.302 e. The average molecular weight is 241 g/mol. The zero-order chi connectivity index (χ0) is 11.9. The Labute approximate surface area is 107 Å². The van der Waals surface area contributed by atoms with Gasteiger partial charge in [-0.15, -0.1) is 0 Å². The Morgan fingerprint density at radius 1 is 1.18 bits per heavy atom. The van der Waals surface area contributed by atoms with Crippen LogP contribution in [0.1, 0.15) is 16.7 Å². The van der Waals surface area contributed by atoms with Crippen molar-refractivity contribution in [2.45, 2.75) is 13.5 Å². The highest BCUT2D eigenvalue weighted by Crippen LogP contribution is 2.12. The maximum Gasteiger partial charge on any atom is 0.0582 e. The van der Waals surface area contributed by atoms with Crippen molar-refractivity contribution in [1.82, 2.24) is 5.32 Å². The van der Waals surface area contributed by atoms with Crippen LogP contribution in [0.3, 0.4) is 0 Å². The van der Waals surface area contributed by atoms with E-state index in [9.17, 15) is 0 Å². The minimum Gasteiger partial charge on any atom is -0.302 e. The molecule has 0 saturated heterocycles. The lowest BCUT2D eigenvalue weighted by Gasteiger charge is -1.99. The molecule has 2 rings (SSSR count). The first-order valence-corrected chi connectivity index (χ1v) is 6.57. The Hall–Kier alpha value is -1.56. The third kappa shape index (κ3) is 3.74. The lowest BCUT2D eigenvalue weighted by atomic mass is 10.2. The molecule has 0 atom stereocenters. The maximum absolute atomic E-state index is 3.33. The smallest absolute Gasteiger partial charge is 0.0582 e. The number of benzene rings is 1. The minimum atomic E-state index is 0.726. The first-order valence-electron chi connectivity index (χ1n) is 5.62. The molecule has 0 spiro atoms. The van der Waals surface area contributed by atoms with Gasteiger partial charge in [-0.05, 0) is 40.9 Å². The summed E-state index contributed by atoms with van der Waals surface area (Å²) in [6.07, 6.45) is 0. The van der Waals surface area contributed by atoms with Crippen LogP contribution < -0.4 is 5.32 Å². The molecule has 86 valence electrons. The van der Waals surface area contributed by atoms with Crippen molar-refractivity contribution in [3.8, 4) is 11.8 Å². The molecule has 0 aliphatic heterocycles. The van der Waals surface area contributed by atoms with Gasteiger partial charge in [-0.25, -0.2) is 0 Å². The van der Waals surface area contributed by atoms with Crippen LogP contribution in [-0.4, -0.2) is 6.54 Å². The van der Waals surface area contributed by atoms with E-state index < -0.39 is 0 Å². The van der Waals surface area contributed by atoms with E-state index in [1.165, 1.54) is 11.1 Å². The van der Waals surface area contributed by atoms with E-state index in [4.69, 9.17) is 0 Å². The van der Waals surface area contributed by atoms with Crippen molar-refractivity contribution >= 4 is 11.3 Å². The summed E-state index contributed by atoms with van der Waals surface area (Å²) >= 11 is 1.75. The number of rotatable bonds is 3. The van der Waals surface area contributed by atoms with Gasteiger partial charge in [0.25, 0.3) is 0 Å². The van der Waals surface area contributed by atoms with Crippen LogP contribution in [0.25, 0.3) is 0 Å². The van der Waals surface area contributed by atoms with Gasteiger partial charge in [0, 0.05) is 12.1 Å². The summed E-state index contributed by atoms with van der Waals surface area (Å²) in [6.45, 7) is 3.77. The molecule has 2 aromatic rings. The zero-order valence-corrected chi connectivity index (χ0v) is 10.7. The van der Waals surface area contributed by atoms with Crippen molar-refractivity contribution < 1.29 is 0 Å². The van der Waals surface area contributed by atoms with Gasteiger partial charge in [0.1, 0.15) is 0 Å². The molecule has 0 saturated carbocycles. The van der Waals surface area contributed by atoms with E-state index in [1.54, 1.807) is 11.3 Å². The summed E-state index contributed by atoms with van der Waals surface area (Å²) in [5.74, 6) is 6.26. The van der Waals surface area contributed by atoms with Crippen LogP contribution in [0, 0.1) is 18.8 Å². The standard InChI is InChI=1S/C15H15NS/c1-13-11-17-12-15(13)10-16-9-5-8-14-6-3-2-4-7-14/h2-4,6-7,11-12,16H,9-10H2,1H3. The minimum absolute atomic E-state index is 0.726. The summed E-state index contributed by atoms with van der Waals surface area (Å²) in [6, 6.07) is 10.1. The highest BCUT2D eigenvalue weighted by molar-refractivity contribution is 7.08. The van der Waals surface area contributed by atoms with Gasteiger partial charge in [0.05, 0.1) is 6.54 Å². The number of aryl methyl sites for hydroxylation is 1. The maximum atomic E-state index is 3.33. The van der Waals surface area contributed by atoms with Gasteiger partial charge in [-0.2, -0.15) is 11.3 Å². The third-order valence-electron chi connectivity index (χ3n) is 2.50. The lowest BCUT2D eigenvalue weighted by molar-refractivity contribution is 0.768. The third-order valence-corrected chi connectivity index (χ3v) is 3.41. The zero-order valence-electron chi connectivity index (χ0n) is 9.86. The van der Waals surface area contributed by atoms with Gasteiger partial charge in [-0.1, -0.05) is 30.0 Å². The van der Waals surface area contributed by atoms with E-state index in [2.05, 4.69) is 34.8 Å². The highest BCUT2D eigenvalue weighted by Gasteiger charge is 1.96. The summed E-state index contributed by atoms with van der Waals surface area (Å²) in [5, 5.41) is 7.69. The molecular formula is C15H15NS. The topological polar surface area (TPSA) is 12.0 Å². The molecule has 0 amide bonds. The number of hydrogen-bond acceptors (Lipinski definition) is 2. The molecule has 17 heavy (non-hydrogen) atoms. The molecule has 1 N–H and O–H groups in total. The lowest BCUT2D eigenvalue weighted by Crippen LogP contribution is -2.13. The Balaban J connectivity index is 1.78. The molecule has 2 heteroatoms. The molecule has 0 fully saturated rings. The Morgan fingerprint density at radius 2 is 2.00 bits per heavy atom. The summed E-state index contributed by atoms with van der Waals surface area (Å²) in [4.78, 5) is 0. The van der Waals surface area contributed by atoms with Crippen LogP contribution in [0.4, 0.5) is 0 Å².